The Morgan fingerprint density at radius 1 is 1.28 bits per heavy atom. The van der Waals surface area contributed by atoms with E-state index in [1.165, 1.54) is 11.8 Å². The van der Waals surface area contributed by atoms with Crippen molar-refractivity contribution in [3.8, 4) is 11.4 Å². The summed E-state index contributed by atoms with van der Waals surface area (Å²) in [5.74, 6) is 2.40. The molecule has 0 aliphatic heterocycles. The van der Waals surface area contributed by atoms with Gasteiger partial charge in [0, 0.05) is 5.69 Å². The number of aromatic nitrogens is 3. The minimum atomic E-state index is -0.0941. The van der Waals surface area contributed by atoms with Gasteiger partial charge in [0.25, 0.3) is 0 Å². The van der Waals surface area contributed by atoms with Crippen molar-refractivity contribution in [1.29, 1.82) is 0 Å². The van der Waals surface area contributed by atoms with Gasteiger partial charge in [-0.3, -0.25) is 9.36 Å². The Hall–Kier alpha value is -2.74. The van der Waals surface area contributed by atoms with Crippen LogP contribution >= 0.6 is 11.8 Å². The number of rotatable bonds is 7. The van der Waals surface area contributed by atoms with Gasteiger partial charge in [-0.15, -0.1) is 10.2 Å². The van der Waals surface area contributed by atoms with E-state index in [2.05, 4.69) is 15.5 Å². The second-order valence-electron chi connectivity index (χ2n) is 5.21. The summed E-state index contributed by atoms with van der Waals surface area (Å²) in [5.41, 5.74) is 0.918. The predicted octanol–water partition coefficient (Wildman–Crippen LogP) is 2.59. The molecule has 0 fully saturated rings. The molecule has 8 heteroatoms. The molecule has 0 atom stereocenters. The Bertz CT molecular complexity index is 828. The summed E-state index contributed by atoms with van der Waals surface area (Å²) < 4.78 is 12.3. The van der Waals surface area contributed by atoms with Gasteiger partial charge in [0.15, 0.2) is 5.16 Å². The summed E-state index contributed by atoms with van der Waals surface area (Å²) in [6.07, 6.45) is 1.58. The zero-order valence-electron chi connectivity index (χ0n) is 13.9. The lowest BCUT2D eigenvalue weighted by Crippen LogP contribution is -2.24. The van der Waals surface area contributed by atoms with Gasteiger partial charge in [-0.1, -0.05) is 11.8 Å². The first kappa shape index (κ1) is 17.1. The molecule has 130 valence electrons. The van der Waals surface area contributed by atoms with Crippen molar-refractivity contribution >= 4 is 17.7 Å². The molecule has 2 heterocycles. The number of ether oxygens (including phenoxy) is 1. The van der Waals surface area contributed by atoms with Crippen molar-refractivity contribution in [2.75, 3.05) is 12.9 Å². The first-order valence-corrected chi connectivity index (χ1v) is 8.64. The average molecular weight is 358 g/mol. The third kappa shape index (κ3) is 4.21. The molecule has 0 spiro atoms. The van der Waals surface area contributed by atoms with Gasteiger partial charge >= 0.3 is 0 Å². The molecule has 0 saturated heterocycles. The van der Waals surface area contributed by atoms with Crippen LogP contribution in [0.15, 0.2) is 52.2 Å². The highest BCUT2D eigenvalue weighted by Gasteiger charge is 2.13. The van der Waals surface area contributed by atoms with Crippen LogP contribution in [-0.4, -0.2) is 33.5 Å². The normalized spacial score (nSPS) is 10.6. The number of benzene rings is 1. The lowest BCUT2D eigenvalue weighted by molar-refractivity contribution is -0.118. The fourth-order valence-electron chi connectivity index (χ4n) is 2.24. The molecule has 0 aliphatic rings. The zero-order chi connectivity index (χ0) is 17.6. The summed E-state index contributed by atoms with van der Waals surface area (Å²) in [6, 6.07) is 11.2. The number of nitrogens with one attached hydrogen (secondary N) is 1. The Morgan fingerprint density at radius 3 is 2.76 bits per heavy atom. The van der Waals surface area contributed by atoms with Crippen LogP contribution in [-0.2, 0) is 11.3 Å². The number of hydrogen-bond acceptors (Lipinski definition) is 6. The van der Waals surface area contributed by atoms with Crippen molar-refractivity contribution in [2.24, 2.45) is 0 Å². The van der Waals surface area contributed by atoms with Gasteiger partial charge in [-0.25, -0.2) is 0 Å². The maximum atomic E-state index is 12.0. The highest BCUT2D eigenvalue weighted by atomic mass is 32.2. The molecular weight excluding hydrogens is 340 g/mol. The van der Waals surface area contributed by atoms with E-state index in [-0.39, 0.29) is 11.7 Å². The molecular formula is C17H18N4O3S. The summed E-state index contributed by atoms with van der Waals surface area (Å²) in [7, 11) is 1.63. The summed E-state index contributed by atoms with van der Waals surface area (Å²) >= 11 is 1.33. The van der Waals surface area contributed by atoms with Gasteiger partial charge in [0.2, 0.25) is 5.91 Å². The standard InChI is InChI=1S/C17H18N4O3S/c1-12-19-20-17(21(12)13-5-7-14(23-2)8-6-13)25-11-16(22)18-10-15-4-3-9-24-15/h3-9H,10-11H2,1-2H3,(H,18,22). The maximum Gasteiger partial charge on any atom is 0.230 e. The third-order valence-corrected chi connectivity index (χ3v) is 4.43. The summed E-state index contributed by atoms with van der Waals surface area (Å²) in [5, 5.41) is 11.7. The quantitative estimate of drug-likeness (QED) is 0.654. The van der Waals surface area contributed by atoms with Crippen molar-refractivity contribution in [3.63, 3.8) is 0 Å². The molecule has 1 amide bonds. The Balaban J connectivity index is 1.63. The molecule has 2 aromatic heterocycles. The van der Waals surface area contributed by atoms with Crippen LogP contribution in [0.3, 0.4) is 0 Å². The molecule has 0 saturated carbocycles. The number of nitrogens with zero attached hydrogens (tertiary/aromatic N) is 3. The van der Waals surface area contributed by atoms with Crippen LogP contribution in [0.25, 0.3) is 5.69 Å². The largest absolute Gasteiger partial charge is 0.497 e. The van der Waals surface area contributed by atoms with Gasteiger partial charge in [0.1, 0.15) is 17.3 Å². The first-order chi connectivity index (χ1) is 12.2. The Morgan fingerprint density at radius 2 is 2.08 bits per heavy atom. The minimum Gasteiger partial charge on any atom is -0.497 e. The summed E-state index contributed by atoms with van der Waals surface area (Å²) in [6.45, 7) is 2.24. The third-order valence-electron chi connectivity index (χ3n) is 3.50. The molecule has 7 nitrogen and oxygen atoms in total. The van der Waals surface area contributed by atoms with Crippen molar-refractivity contribution < 1.29 is 13.9 Å². The highest BCUT2D eigenvalue weighted by Crippen LogP contribution is 2.23. The number of carbonyl (C=O) groups excluding carboxylic acids is 1. The van der Waals surface area contributed by atoms with E-state index in [1.807, 2.05) is 41.8 Å². The fraction of sp³-hybridized carbons (Fsp3) is 0.235. The molecule has 3 rings (SSSR count). The lowest BCUT2D eigenvalue weighted by Gasteiger charge is -2.09. The smallest absolute Gasteiger partial charge is 0.230 e. The monoisotopic (exact) mass is 358 g/mol. The van der Waals surface area contributed by atoms with E-state index in [0.717, 1.165) is 23.0 Å². The van der Waals surface area contributed by atoms with Gasteiger partial charge in [0.05, 0.1) is 25.7 Å². The number of hydrogen-bond donors (Lipinski definition) is 1. The van der Waals surface area contributed by atoms with Gasteiger partial charge in [-0.2, -0.15) is 0 Å². The van der Waals surface area contributed by atoms with E-state index < -0.39 is 0 Å². The molecule has 3 aromatic rings. The van der Waals surface area contributed by atoms with Gasteiger partial charge in [-0.05, 0) is 43.3 Å². The van der Waals surface area contributed by atoms with Gasteiger partial charge < -0.3 is 14.5 Å². The second kappa shape index (κ2) is 7.89. The van der Waals surface area contributed by atoms with Crippen molar-refractivity contribution in [2.45, 2.75) is 18.6 Å². The molecule has 0 unspecified atom stereocenters. The zero-order valence-corrected chi connectivity index (χ0v) is 14.7. The topological polar surface area (TPSA) is 82.2 Å². The molecule has 0 radical (unpaired) electrons. The molecule has 1 aromatic carbocycles. The lowest BCUT2D eigenvalue weighted by atomic mass is 10.3. The Labute approximate surface area is 149 Å². The molecule has 0 aliphatic carbocycles. The van der Waals surface area contributed by atoms with E-state index in [4.69, 9.17) is 9.15 Å². The molecule has 1 N–H and O–H groups in total. The van der Waals surface area contributed by atoms with E-state index >= 15 is 0 Å². The van der Waals surface area contributed by atoms with Crippen LogP contribution in [0.5, 0.6) is 5.75 Å². The summed E-state index contributed by atoms with van der Waals surface area (Å²) in [4.78, 5) is 12.0. The Kier molecular flexibility index (Phi) is 5.39. The number of thioether (sulfide) groups is 1. The average Bonchev–Trinajstić information content (AvgIpc) is 3.28. The number of carbonyl (C=O) groups is 1. The van der Waals surface area contributed by atoms with Crippen LogP contribution in [0.4, 0.5) is 0 Å². The number of amides is 1. The van der Waals surface area contributed by atoms with E-state index in [9.17, 15) is 4.79 Å². The maximum absolute atomic E-state index is 12.0. The van der Waals surface area contributed by atoms with Crippen LogP contribution in [0.2, 0.25) is 0 Å². The fourth-order valence-corrected chi connectivity index (χ4v) is 3.07. The molecule has 0 bridgehead atoms. The minimum absolute atomic E-state index is 0.0941. The second-order valence-corrected chi connectivity index (χ2v) is 6.15. The number of furan rings is 1. The van der Waals surface area contributed by atoms with Crippen LogP contribution < -0.4 is 10.1 Å². The first-order valence-electron chi connectivity index (χ1n) is 7.65. The van der Waals surface area contributed by atoms with Crippen molar-refractivity contribution in [1.82, 2.24) is 20.1 Å². The highest BCUT2D eigenvalue weighted by molar-refractivity contribution is 7.99. The number of methoxy groups -OCH3 is 1. The predicted molar refractivity (Wildman–Crippen MR) is 93.9 cm³/mol. The molecule has 25 heavy (non-hydrogen) atoms. The van der Waals surface area contributed by atoms with Crippen molar-refractivity contribution in [3.05, 3.63) is 54.2 Å². The van der Waals surface area contributed by atoms with E-state index in [1.54, 1.807) is 19.4 Å². The number of aryl methyl sites for hydroxylation is 1. The van der Waals surface area contributed by atoms with Crippen LogP contribution in [0.1, 0.15) is 11.6 Å². The van der Waals surface area contributed by atoms with Crippen LogP contribution in [0, 0.1) is 6.92 Å². The van der Waals surface area contributed by atoms with E-state index in [0.29, 0.717) is 11.7 Å². The SMILES string of the molecule is COc1ccc(-n2c(C)nnc2SCC(=O)NCc2ccco2)cc1.